The first-order valence-corrected chi connectivity index (χ1v) is 7.20. The lowest BCUT2D eigenvalue weighted by Crippen LogP contribution is -2.52. The lowest BCUT2D eigenvalue weighted by Gasteiger charge is -2.39. The summed E-state index contributed by atoms with van der Waals surface area (Å²) in [6.07, 6.45) is 2.52. The van der Waals surface area contributed by atoms with E-state index in [-0.39, 0.29) is 6.09 Å². The standard InChI is InChI=1S/C13H20BrN3O2/c1-13(2,3)19-12(18)17-7-9(8-17)5-11-10(14)6-15-16(11)4/h6,9H,5,7-8H2,1-4H3. The van der Waals surface area contributed by atoms with Crippen LogP contribution in [0, 0.1) is 5.92 Å². The van der Waals surface area contributed by atoms with Crippen molar-refractivity contribution in [1.82, 2.24) is 14.7 Å². The molecular formula is C13H20BrN3O2. The molecule has 2 rings (SSSR count). The second kappa shape index (κ2) is 5.15. The van der Waals surface area contributed by atoms with Crippen LogP contribution in [0.15, 0.2) is 10.7 Å². The first-order chi connectivity index (χ1) is 8.76. The monoisotopic (exact) mass is 329 g/mol. The average Bonchev–Trinajstić information content (AvgIpc) is 2.50. The number of amides is 1. The third-order valence-corrected chi connectivity index (χ3v) is 3.76. The summed E-state index contributed by atoms with van der Waals surface area (Å²) in [6, 6.07) is 0. The zero-order valence-corrected chi connectivity index (χ0v) is 13.4. The van der Waals surface area contributed by atoms with Crippen LogP contribution >= 0.6 is 15.9 Å². The van der Waals surface area contributed by atoms with Gasteiger partial charge in [-0.1, -0.05) is 0 Å². The van der Waals surface area contributed by atoms with Gasteiger partial charge in [0.1, 0.15) is 5.60 Å². The molecule has 19 heavy (non-hydrogen) atoms. The highest BCUT2D eigenvalue weighted by Crippen LogP contribution is 2.25. The Labute approximate surface area is 122 Å². The Morgan fingerprint density at radius 3 is 2.63 bits per heavy atom. The SMILES string of the molecule is Cn1ncc(Br)c1CC1CN(C(=O)OC(C)(C)C)C1. The zero-order valence-electron chi connectivity index (χ0n) is 11.8. The Bertz CT molecular complexity index is 453. The van der Waals surface area contributed by atoms with E-state index in [2.05, 4.69) is 21.0 Å². The van der Waals surface area contributed by atoms with Crippen molar-refractivity contribution < 1.29 is 9.53 Å². The van der Waals surface area contributed by atoms with Gasteiger partial charge in [-0.05, 0) is 49.0 Å². The fourth-order valence-corrected chi connectivity index (χ4v) is 2.62. The van der Waals surface area contributed by atoms with E-state index in [0.717, 1.165) is 24.0 Å². The van der Waals surface area contributed by atoms with Gasteiger partial charge in [-0.3, -0.25) is 4.68 Å². The molecule has 2 heterocycles. The highest BCUT2D eigenvalue weighted by Gasteiger charge is 2.34. The molecule has 0 spiro atoms. The Balaban J connectivity index is 1.82. The summed E-state index contributed by atoms with van der Waals surface area (Å²) in [5.74, 6) is 0.485. The van der Waals surface area contributed by atoms with Crippen molar-refractivity contribution >= 4 is 22.0 Å². The molecule has 1 aromatic heterocycles. The summed E-state index contributed by atoms with van der Waals surface area (Å²) in [6.45, 7) is 7.16. The summed E-state index contributed by atoms with van der Waals surface area (Å²) in [5.41, 5.74) is 0.751. The predicted octanol–water partition coefficient (Wildman–Crippen LogP) is 2.59. The number of likely N-dealkylation sites (tertiary alicyclic amines) is 1. The van der Waals surface area contributed by atoms with Crippen molar-refractivity contribution in [2.45, 2.75) is 32.8 Å². The van der Waals surface area contributed by atoms with E-state index >= 15 is 0 Å². The summed E-state index contributed by atoms with van der Waals surface area (Å²) in [5, 5.41) is 4.19. The number of nitrogens with zero attached hydrogens (tertiary/aromatic N) is 3. The molecule has 1 aliphatic heterocycles. The van der Waals surface area contributed by atoms with Gasteiger partial charge < -0.3 is 9.64 Å². The smallest absolute Gasteiger partial charge is 0.410 e. The molecule has 1 aliphatic rings. The van der Waals surface area contributed by atoms with Crippen LogP contribution in [0.2, 0.25) is 0 Å². The number of ether oxygens (including phenoxy) is 1. The number of carbonyl (C=O) groups excluding carboxylic acids is 1. The largest absolute Gasteiger partial charge is 0.444 e. The first kappa shape index (κ1) is 14.4. The van der Waals surface area contributed by atoms with Crippen molar-refractivity contribution in [3.63, 3.8) is 0 Å². The molecule has 0 bridgehead atoms. The van der Waals surface area contributed by atoms with E-state index < -0.39 is 5.60 Å². The topological polar surface area (TPSA) is 47.4 Å². The minimum atomic E-state index is -0.423. The van der Waals surface area contributed by atoms with E-state index in [9.17, 15) is 4.79 Å². The molecule has 0 aliphatic carbocycles. The van der Waals surface area contributed by atoms with Crippen molar-refractivity contribution in [2.75, 3.05) is 13.1 Å². The quantitative estimate of drug-likeness (QED) is 0.837. The molecule has 0 saturated carbocycles. The van der Waals surface area contributed by atoms with Gasteiger partial charge in [0, 0.05) is 20.1 Å². The fraction of sp³-hybridized carbons (Fsp3) is 0.692. The molecule has 0 atom stereocenters. The second-order valence-corrected chi connectivity index (χ2v) is 6.87. The number of carbonyl (C=O) groups is 1. The Morgan fingerprint density at radius 2 is 2.16 bits per heavy atom. The predicted molar refractivity (Wildman–Crippen MR) is 75.9 cm³/mol. The minimum absolute atomic E-state index is 0.215. The van der Waals surface area contributed by atoms with Crippen LogP contribution in [0.1, 0.15) is 26.5 Å². The maximum atomic E-state index is 11.8. The summed E-state index contributed by atoms with van der Waals surface area (Å²) in [7, 11) is 1.93. The number of aromatic nitrogens is 2. The Hall–Kier alpha value is -1.04. The molecule has 1 aromatic rings. The van der Waals surface area contributed by atoms with Crippen molar-refractivity contribution in [1.29, 1.82) is 0 Å². The maximum Gasteiger partial charge on any atom is 0.410 e. The van der Waals surface area contributed by atoms with Gasteiger partial charge in [0.15, 0.2) is 0 Å². The van der Waals surface area contributed by atoms with Gasteiger partial charge in [0.05, 0.1) is 16.4 Å². The first-order valence-electron chi connectivity index (χ1n) is 6.40. The summed E-state index contributed by atoms with van der Waals surface area (Å²) >= 11 is 3.49. The lowest BCUT2D eigenvalue weighted by atomic mass is 9.95. The third-order valence-electron chi connectivity index (χ3n) is 3.10. The molecule has 0 N–H and O–H groups in total. The molecule has 1 saturated heterocycles. The van der Waals surface area contributed by atoms with Gasteiger partial charge in [-0.2, -0.15) is 5.10 Å². The van der Waals surface area contributed by atoms with Crippen LogP contribution in [0.4, 0.5) is 4.79 Å². The van der Waals surface area contributed by atoms with Crippen LogP contribution < -0.4 is 0 Å². The van der Waals surface area contributed by atoms with Crippen LogP contribution in [-0.4, -0.2) is 39.5 Å². The van der Waals surface area contributed by atoms with Gasteiger partial charge in [-0.15, -0.1) is 0 Å². The van der Waals surface area contributed by atoms with Crippen LogP contribution in [0.3, 0.4) is 0 Å². The van der Waals surface area contributed by atoms with Gasteiger partial charge in [0.25, 0.3) is 0 Å². The highest BCUT2D eigenvalue weighted by atomic mass is 79.9. The van der Waals surface area contributed by atoms with Gasteiger partial charge >= 0.3 is 6.09 Å². The molecular weight excluding hydrogens is 310 g/mol. The Morgan fingerprint density at radius 1 is 1.53 bits per heavy atom. The molecule has 6 heteroatoms. The molecule has 106 valence electrons. The van der Waals surface area contributed by atoms with E-state index in [4.69, 9.17) is 4.74 Å². The Kier molecular flexibility index (Phi) is 3.90. The van der Waals surface area contributed by atoms with E-state index in [1.165, 1.54) is 5.69 Å². The number of rotatable bonds is 2. The summed E-state index contributed by atoms with van der Waals surface area (Å²) in [4.78, 5) is 13.5. The lowest BCUT2D eigenvalue weighted by molar-refractivity contribution is -0.00112. The zero-order chi connectivity index (χ0) is 14.2. The number of hydrogen-bond donors (Lipinski definition) is 0. The average molecular weight is 330 g/mol. The normalized spacial score (nSPS) is 16.4. The second-order valence-electron chi connectivity index (χ2n) is 6.02. The van der Waals surface area contributed by atoms with Gasteiger partial charge in [-0.25, -0.2) is 4.79 Å². The van der Waals surface area contributed by atoms with Crippen molar-refractivity contribution in [3.8, 4) is 0 Å². The maximum absolute atomic E-state index is 11.8. The van der Waals surface area contributed by atoms with E-state index in [0.29, 0.717) is 5.92 Å². The van der Waals surface area contributed by atoms with E-state index in [1.807, 2.05) is 32.5 Å². The van der Waals surface area contributed by atoms with Crippen molar-refractivity contribution in [2.24, 2.45) is 13.0 Å². The number of halogens is 1. The van der Waals surface area contributed by atoms with Crippen LogP contribution in [0.5, 0.6) is 0 Å². The molecule has 1 fully saturated rings. The van der Waals surface area contributed by atoms with Crippen molar-refractivity contribution in [3.05, 3.63) is 16.4 Å². The van der Waals surface area contributed by atoms with E-state index in [1.54, 1.807) is 11.1 Å². The number of aryl methyl sites for hydroxylation is 1. The fourth-order valence-electron chi connectivity index (χ4n) is 2.11. The molecule has 0 unspecified atom stereocenters. The highest BCUT2D eigenvalue weighted by molar-refractivity contribution is 9.10. The molecule has 1 amide bonds. The van der Waals surface area contributed by atoms with Gasteiger partial charge in [0.2, 0.25) is 0 Å². The summed E-state index contributed by atoms with van der Waals surface area (Å²) < 4.78 is 8.24. The minimum Gasteiger partial charge on any atom is -0.444 e. The third kappa shape index (κ3) is 3.49. The number of hydrogen-bond acceptors (Lipinski definition) is 3. The van der Waals surface area contributed by atoms with Crippen LogP contribution in [0.25, 0.3) is 0 Å². The van der Waals surface area contributed by atoms with Crippen LogP contribution in [-0.2, 0) is 18.2 Å². The molecule has 0 aromatic carbocycles. The molecule has 0 radical (unpaired) electrons. The molecule has 5 nitrogen and oxygen atoms in total.